The Morgan fingerprint density at radius 2 is 1.96 bits per heavy atom. The number of aliphatic carboxylic acids is 1. The van der Waals surface area contributed by atoms with Crippen molar-refractivity contribution in [2.24, 2.45) is 17.3 Å². The van der Waals surface area contributed by atoms with Crippen molar-refractivity contribution in [1.29, 1.82) is 0 Å². The fraction of sp³-hybridized carbons (Fsp3) is 0.500. The molecule has 4 aliphatic rings. The highest BCUT2D eigenvalue weighted by atomic mass is 19.3. The smallest absolute Gasteiger partial charge is 0.382 e. The second-order valence-corrected chi connectivity index (χ2v) is 7.88. The molecular weight excluding hydrogens is 342 g/mol. The number of halogens is 2. The number of rotatable bonds is 5. The summed E-state index contributed by atoms with van der Waals surface area (Å²) in [6, 6.07) is 7.38. The van der Waals surface area contributed by atoms with Crippen molar-refractivity contribution < 1.29 is 28.2 Å². The summed E-state index contributed by atoms with van der Waals surface area (Å²) in [5, 5.41) is 8.97. The van der Waals surface area contributed by atoms with Gasteiger partial charge in [-0.25, -0.2) is 4.79 Å². The van der Waals surface area contributed by atoms with Crippen LogP contribution in [0.1, 0.15) is 43.8 Å². The van der Waals surface area contributed by atoms with Crippen LogP contribution in [0.15, 0.2) is 42.0 Å². The van der Waals surface area contributed by atoms with Gasteiger partial charge < -0.3 is 9.84 Å². The van der Waals surface area contributed by atoms with E-state index in [9.17, 15) is 18.4 Å². The van der Waals surface area contributed by atoms with Crippen LogP contribution in [0, 0.1) is 17.3 Å². The number of allylic oxidation sites excluding steroid dienone is 2. The second kappa shape index (κ2) is 5.89. The average Bonchev–Trinajstić information content (AvgIpc) is 2.58. The van der Waals surface area contributed by atoms with Crippen LogP contribution < -0.4 is 0 Å². The van der Waals surface area contributed by atoms with E-state index in [0.717, 1.165) is 12.8 Å². The van der Waals surface area contributed by atoms with Crippen molar-refractivity contribution >= 4 is 11.9 Å². The molecule has 4 bridgehead atoms. The van der Waals surface area contributed by atoms with Crippen LogP contribution in [0.3, 0.4) is 0 Å². The SMILES string of the molecule is O=C(OC(c1ccccc1)C(F)(F)C(=O)O)C12CC3=CC(CC(C3)C1)C2. The lowest BCUT2D eigenvalue weighted by Crippen LogP contribution is -2.48. The number of ether oxygens (including phenoxy) is 1. The highest BCUT2D eigenvalue weighted by Crippen LogP contribution is 2.58. The zero-order valence-corrected chi connectivity index (χ0v) is 14.2. The molecule has 4 unspecified atom stereocenters. The first-order valence-corrected chi connectivity index (χ1v) is 8.87. The highest BCUT2D eigenvalue weighted by molar-refractivity contribution is 5.81. The molecule has 0 amide bonds. The van der Waals surface area contributed by atoms with Gasteiger partial charge in [0.25, 0.3) is 0 Å². The molecule has 138 valence electrons. The third kappa shape index (κ3) is 2.72. The summed E-state index contributed by atoms with van der Waals surface area (Å²) in [4.78, 5) is 24.1. The summed E-state index contributed by atoms with van der Waals surface area (Å²) in [5.41, 5.74) is 0.413. The minimum atomic E-state index is -4.20. The molecule has 1 aromatic carbocycles. The number of hydrogen-bond acceptors (Lipinski definition) is 3. The lowest BCUT2D eigenvalue weighted by atomic mass is 9.53. The van der Waals surface area contributed by atoms with Crippen molar-refractivity contribution in [2.45, 2.75) is 44.1 Å². The summed E-state index contributed by atoms with van der Waals surface area (Å²) >= 11 is 0. The van der Waals surface area contributed by atoms with Gasteiger partial charge in [-0.05, 0) is 49.5 Å². The maximum absolute atomic E-state index is 14.3. The van der Waals surface area contributed by atoms with Crippen molar-refractivity contribution in [3.05, 3.63) is 47.5 Å². The van der Waals surface area contributed by atoms with Gasteiger partial charge in [0.1, 0.15) is 0 Å². The van der Waals surface area contributed by atoms with E-state index in [0.29, 0.717) is 31.1 Å². The molecule has 4 atom stereocenters. The van der Waals surface area contributed by atoms with Gasteiger partial charge >= 0.3 is 17.9 Å². The molecule has 1 N–H and O–H groups in total. The fourth-order valence-electron chi connectivity index (χ4n) is 5.06. The standard InChI is InChI=1S/C20H20F2O4/c21-20(22,17(23)24)16(15-4-2-1-3-5-15)26-18(25)19-9-12-6-13(10-19)8-14(7-12)11-19/h1-6,12,14,16H,7-11H2,(H,23,24). The van der Waals surface area contributed by atoms with Gasteiger partial charge in [-0.1, -0.05) is 42.0 Å². The third-order valence-electron chi connectivity index (χ3n) is 5.93. The first-order valence-electron chi connectivity index (χ1n) is 8.87. The molecule has 0 spiro atoms. The summed E-state index contributed by atoms with van der Waals surface area (Å²) in [7, 11) is 0. The lowest BCUT2D eigenvalue weighted by Gasteiger charge is -2.51. The molecule has 0 aliphatic heterocycles. The van der Waals surface area contributed by atoms with Crippen molar-refractivity contribution in [3.8, 4) is 0 Å². The zero-order valence-electron chi connectivity index (χ0n) is 14.2. The summed E-state index contributed by atoms with van der Waals surface area (Å²) < 4.78 is 33.9. The number of carboxylic acids is 1. The Labute approximate surface area is 149 Å². The minimum absolute atomic E-state index is 0.0165. The Kier molecular flexibility index (Phi) is 3.90. The van der Waals surface area contributed by atoms with Crippen LogP contribution in [0.2, 0.25) is 0 Å². The van der Waals surface area contributed by atoms with Crippen molar-refractivity contribution in [2.75, 3.05) is 0 Å². The normalized spacial score (nSPS) is 30.6. The van der Waals surface area contributed by atoms with E-state index in [2.05, 4.69) is 6.08 Å². The van der Waals surface area contributed by atoms with E-state index < -0.39 is 29.4 Å². The number of carbonyl (C=O) groups excluding carboxylic acids is 1. The quantitative estimate of drug-likeness (QED) is 0.632. The Balaban J connectivity index is 1.63. The number of alkyl halides is 2. The fourth-order valence-corrected chi connectivity index (χ4v) is 5.06. The average molecular weight is 362 g/mol. The molecule has 4 aliphatic carbocycles. The first-order chi connectivity index (χ1) is 12.3. The van der Waals surface area contributed by atoms with Gasteiger partial charge in [-0.2, -0.15) is 8.78 Å². The van der Waals surface area contributed by atoms with Gasteiger partial charge in [-0.3, -0.25) is 4.79 Å². The molecule has 6 heteroatoms. The number of carboxylic acid groups (broad SMARTS) is 1. The zero-order chi connectivity index (χ0) is 18.5. The van der Waals surface area contributed by atoms with Crippen LogP contribution in [-0.2, 0) is 14.3 Å². The van der Waals surface area contributed by atoms with Crippen LogP contribution >= 0.6 is 0 Å². The van der Waals surface area contributed by atoms with Gasteiger partial charge in [0.05, 0.1) is 5.41 Å². The van der Waals surface area contributed by atoms with Crippen LogP contribution in [-0.4, -0.2) is 23.0 Å². The molecule has 2 saturated carbocycles. The molecule has 5 rings (SSSR count). The summed E-state index contributed by atoms with van der Waals surface area (Å²) in [6.45, 7) is 0. The van der Waals surface area contributed by atoms with Crippen LogP contribution in [0.4, 0.5) is 8.78 Å². The van der Waals surface area contributed by atoms with E-state index in [-0.39, 0.29) is 5.56 Å². The van der Waals surface area contributed by atoms with Gasteiger partial charge in [0, 0.05) is 0 Å². The molecule has 0 saturated heterocycles. The largest absolute Gasteiger partial charge is 0.477 e. The molecule has 26 heavy (non-hydrogen) atoms. The Bertz CT molecular complexity index is 773. The molecule has 2 fully saturated rings. The Hall–Kier alpha value is -2.24. The maximum Gasteiger partial charge on any atom is 0.382 e. The topological polar surface area (TPSA) is 63.6 Å². The lowest BCUT2D eigenvalue weighted by molar-refractivity contribution is -0.203. The minimum Gasteiger partial charge on any atom is -0.477 e. The molecule has 1 aromatic rings. The molecule has 0 radical (unpaired) electrons. The van der Waals surface area contributed by atoms with Gasteiger partial charge in [0.15, 0.2) is 0 Å². The van der Waals surface area contributed by atoms with Crippen molar-refractivity contribution in [1.82, 2.24) is 0 Å². The van der Waals surface area contributed by atoms with Gasteiger partial charge in [0.2, 0.25) is 6.10 Å². The van der Waals surface area contributed by atoms with E-state index in [1.54, 1.807) is 6.07 Å². The number of carbonyl (C=O) groups is 2. The summed E-state index contributed by atoms with van der Waals surface area (Å²) in [5.74, 6) is -6.49. The molecular formula is C20H20F2O4. The van der Waals surface area contributed by atoms with Crippen LogP contribution in [0.25, 0.3) is 0 Å². The van der Waals surface area contributed by atoms with Crippen molar-refractivity contribution in [3.63, 3.8) is 0 Å². The molecule has 0 heterocycles. The first kappa shape index (κ1) is 17.2. The molecule has 0 aromatic heterocycles. The maximum atomic E-state index is 14.3. The van der Waals surface area contributed by atoms with E-state index in [1.807, 2.05) is 0 Å². The highest BCUT2D eigenvalue weighted by Gasteiger charge is 2.56. The number of esters is 1. The Morgan fingerprint density at radius 1 is 1.23 bits per heavy atom. The second-order valence-electron chi connectivity index (χ2n) is 7.88. The predicted octanol–water partition coefficient (Wildman–Crippen LogP) is 4.13. The number of hydrogen-bond donors (Lipinski definition) is 1. The summed E-state index contributed by atoms with van der Waals surface area (Å²) in [6.07, 6.45) is 3.87. The monoisotopic (exact) mass is 362 g/mol. The van der Waals surface area contributed by atoms with E-state index >= 15 is 0 Å². The Morgan fingerprint density at radius 3 is 2.58 bits per heavy atom. The predicted molar refractivity (Wildman–Crippen MR) is 88.4 cm³/mol. The van der Waals surface area contributed by atoms with E-state index in [1.165, 1.54) is 29.8 Å². The third-order valence-corrected chi connectivity index (χ3v) is 5.93. The van der Waals surface area contributed by atoms with E-state index in [4.69, 9.17) is 9.84 Å². The van der Waals surface area contributed by atoms with Gasteiger partial charge in [-0.15, -0.1) is 0 Å². The van der Waals surface area contributed by atoms with Crippen LogP contribution in [0.5, 0.6) is 0 Å². The molecule has 4 nitrogen and oxygen atoms in total. The number of benzene rings is 1.